The topological polar surface area (TPSA) is 25.2 Å². The zero-order valence-corrected chi connectivity index (χ0v) is 36.3. The maximum absolute atomic E-state index is 7.53. The molecule has 6 aliphatic heterocycles. The van der Waals surface area contributed by atoms with Crippen molar-refractivity contribution >= 4 is 79.3 Å². The van der Waals surface area contributed by atoms with Crippen LogP contribution in [-0.4, -0.2) is 12.6 Å². The van der Waals surface area contributed by atoms with Crippen molar-refractivity contribution in [1.82, 2.24) is 9.27 Å². The summed E-state index contributed by atoms with van der Waals surface area (Å²) >= 11 is 0. The Morgan fingerprint density at radius 2 is 1.05 bits per heavy atom. The number of hydrogen-bond donors (Lipinski definition) is 0. The van der Waals surface area contributed by atoms with Crippen molar-refractivity contribution in [2.24, 2.45) is 0 Å². The number of para-hydroxylation sites is 2. The molecule has 3 aromatic heterocycles. The fourth-order valence-electron chi connectivity index (χ4n) is 14.6. The number of benzene rings is 8. The Balaban J connectivity index is 1.09. The van der Waals surface area contributed by atoms with Crippen molar-refractivity contribution in [2.45, 2.75) is 5.41 Å². The van der Waals surface area contributed by atoms with E-state index >= 15 is 0 Å². The third-order valence-corrected chi connectivity index (χ3v) is 21.5. The molecule has 18 rings (SSSR count). The maximum Gasteiger partial charge on any atom is 0.350 e. The highest BCUT2D eigenvalue weighted by Gasteiger charge is 2.72. The second-order valence-electron chi connectivity index (χ2n) is 18.9. The van der Waals surface area contributed by atoms with E-state index in [4.69, 9.17) is 4.74 Å². The summed E-state index contributed by atoms with van der Waals surface area (Å²) < 4.78 is 15.5. The molecule has 1 atom stereocenters. The summed E-state index contributed by atoms with van der Waals surface area (Å²) in [4.78, 5) is 2.55. The fraction of sp³-hybridized carbons (Fsp3) is 0.0169. The zero-order valence-electron chi connectivity index (χ0n) is 35.3. The molecule has 9 heterocycles. The van der Waals surface area contributed by atoms with Crippen LogP contribution >= 0.6 is 0 Å². The molecule has 6 nitrogen and oxygen atoms in total. The van der Waals surface area contributed by atoms with Gasteiger partial charge in [-0.3, -0.25) is 0 Å². The lowest BCUT2D eigenvalue weighted by Gasteiger charge is -2.47. The molecule has 302 valence electrons. The molecule has 11 aromatic rings. The van der Waals surface area contributed by atoms with Crippen molar-refractivity contribution < 1.29 is 14.1 Å². The number of quaternary nitrogens is 1. The molecule has 0 saturated heterocycles. The first-order chi connectivity index (χ1) is 32.8. The number of rotatable bonds is 0. The Morgan fingerprint density at radius 1 is 0.439 bits per heavy atom. The first-order valence-corrected chi connectivity index (χ1v) is 25.0. The molecule has 0 amide bonds. The highest BCUT2D eigenvalue weighted by atomic mass is 28.3. The summed E-state index contributed by atoms with van der Waals surface area (Å²) in [6.45, 7) is 0. The van der Waals surface area contributed by atoms with Crippen LogP contribution in [-0.2, 0) is 5.41 Å². The van der Waals surface area contributed by atoms with Gasteiger partial charge in [0, 0.05) is 33.0 Å². The number of fused-ring (bicyclic) bond motifs is 19. The minimum Gasteiger partial charge on any atom is -0.444 e. The van der Waals surface area contributed by atoms with Gasteiger partial charge in [-0.05, 0) is 102 Å². The zero-order chi connectivity index (χ0) is 42.4. The lowest BCUT2D eigenvalue weighted by atomic mass is 9.64. The second kappa shape index (κ2) is 10.6. The number of hydrogen-bond acceptors (Lipinski definition) is 2. The number of ether oxygens (including phenoxy) is 1. The highest BCUT2D eigenvalue weighted by molar-refractivity contribution is 7.23. The van der Waals surface area contributed by atoms with Crippen LogP contribution in [0.2, 0.25) is 0 Å². The molecule has 3 spiro atoms. The SMILES string of the molecule is c1ccc2c(c1)-c1ccccc1C21c2ccccc2N2c3c1ccc1c3[N+]3(c4c(ccc5c4-n4c6c(cccc6c6ccc[n+]3c64)[Si]53c4ccccc4-c4ccccc43)O1)[n+]1ccccc12. The Labute approximate surface area is 379 Å². The number of nitrogens with zero attached hydrogens (tertiary/aromatic N) is 5. The Kier molecular flexibility index (Phi) is 5.33. The quantitative estimate of drug-likeness (QED) is 0.0864. The third kappa shape index (κ3) is 3.10. The number of anilines is 3. The molecule has 0 N–H and O–H groups in total. The number of aromatic nitrogens is 3. The minimum atomic E-state index is -2.95. The first-order valence-electron chi connectivity index (χ1n) is 23.0. The Hall–Kier alpha value is -8.36. The van der Waals surface area contributed by atoms with E-state index in [2.05, 4.69) is 225 Å². The fourth-order valence-corrected chi connectivity index (χ4v) is 20.2. The van der Waals surface area contributed by atoms with E-state index < -0.39 is 13.5 Å². The molecule has 0 radical (unpaired) electrons. The lowest BCUT2D eigenvalue weighted by molar-refractivity contribution is -1.03. The van der Waals surface area contributed by atoms with Gasteiger partial charge in [0.05, 0.1) is 15.5 Å². The van der Waals surface area contributed by atoms with Gasteiger partial charge in [0.15, 0.2) is 20.5 Å². The summed E-state index contributed by atoms with van der Waals surface area (Å²) in [6.07, 6.45) is 4.63. The summed E-state index contributed by atoms with van der Waals surface area (Å²) in [7, 11) is -2.95. The van der Waals surface area contributed by atoms with Crippen molar-refractivity contribution in [3.8, 4) is 39.4 Å². The van der Waals surface area contributed by atoms with E-state index in [-0.39, 0.29) is 4.70 Å². The average Bonchev–Trinajstić information content (AvgIpc) is 3.99. The molecule has 7 aliphatic rings. The van der Waals surface area contributed by atoms with Gasteiger partial charge in [0.1, 0.15) is 11.2 Å². The van der Waals surface area contributed by atoms with Gasteiger partial charge in [-0.1, -0.05) is 140 Å². The standard InChI is InChI=1S/C59H34N5OSi/c1-5-21-41-35(15-1)36-16-2-6-22-42(36)59(41)43-23-7-8-24-45(43)62-52-28-11-12-33-60(52)64-56-46(30-29-44(59)54(56)62)65-47-31-32-51-55(57(47)64)63-53-39(40-20-14-34-61(64)58(40)63)19-13-27-50(53)66(51)48-25-9-3-17-37(48)38-18-4-10-26-49(38)66/h1-34H/q+3. The first kappa shape index (κ1) is 33.2. The Bertz CT molecular complexity index is 4120. The predicted octanol–water partition coefficient (Wildman–Crippen LogP) is 9.47. The molecule has 1 unspecified atom stereocenters. The van der Waals surface area contributed by atoms with Gasteiger partial charge in [-0.15, -0.1) is 0 Å². The molecular formula is C59H34N5OSi+3. The number of pyridine rings is 2. The predicted molar refractivity (Wildman–Crippen MR) is 262 cm³/mol. The summed E-state index contributed by atoms with van der Waals surface area (Å²) in [5.74, 6) is 2.82. The van der Waals surface area contributed by atoms with E-state index in [1.54, 1.807) is 0 Å². The van der Waals surface area contributed by atoms with Crippen LogP contribution < -0.4 is 44.4 Å². The molecule has 66 heavy (non-hydrogen) atoms. The molecule has 0 fully saturated rings. The van der Waals surface area contributed by atoms with Crippen LogP contribution in [0.15, 0.2) is 207 Å². The van der Waals surface area contributed by atoms with E-state index in [1.165, 1.54) is 104 Å². The van der Waals surface area contributed by atoms with Crippen molar-refractivity contribution in [1.29, 1.82) is 0 Å². The lowest BCUT2D eigenvalue weighted by Crippen LogP contribution is -2.87. The van der Waals surface area contributed by atoms with Gasteiger partial charge >= 0.3 is 22.8 Å². The second-order valence-corrected chi connectivity index (χ2v) is 22.5. The van der Waals surface area contributed by atoms with E-state index in [9.17, 15) is 0 Å². The maximum atomic E-state index is 7.53. The van der Waals surface area contributed by atoms with Crippen LogP contribution in [0, 0.1) is 0 Å². The van der Waals surface area contributed by atoms with Crippen LogP contribution in [0.3, 0.4) is 0 Å². The van der Waals surface area contributed by atoms with Gasteiger partial charge in [0.25, 0.3) is 0 Å². The van der Waals surface area contributed by atoms with E-state index in [1.807, 2.05) is 0 Å². The molecule has 1 aliphatic carbocycles. The third-order valence-electron chi connectivity index (χ3n) is 16.6. The summed E-state index contributed by atoms with van der Waals surface area (Å²) in [5.41, 5.74) is 18.2. The van der Waals surface area contributed by atoms with Gasteiger partial charge in [-0.2, -0.15) is 9.47 Å². The van der Waals surface area contributed by atoms with Gasteiger partial charge in [-0.25, -0.2) is 0 Å². The summed E-state index contributed by atoms with van der Waals surface area (Å²) in [5, 5.41) is 8.30. The Morgan fingerprint density at radius 3 is 1.82 bits per heavy atom. The summed E-state index contributed by atoms with van der Waals surface area (Å²) in [6, 6.07) is 73.9. The minimum absolute atomic E-state index is 0.266. The van der Waals surface area contributed by atoms with Crippen molar-refractivity contribution in [3.05, 3.63) is 229 Å². The van der Waals surface area contributed by atoms with Crippen molar-refractivity contribution in [2.75, 3.05) is 4.90 Å². The van der Waals surface area contributed by atoms with Crippen LogP contribution in [0.5, 0.6) is 11.5 Å². The van der Waals surface area contributed by atoms with Crippen molar-refractivity contribution in [3.63, 3.8) is 0 Å². The molecule has 8 aromatic carbocycles. The largest absolute Gasteiger partial charge is 0.444 e. The van der Waals surface area contributed by atoms with Gasteiger partial charge in [0.2, 0.25) is 22.9 Å². The molecule has 0 bridgehead atoms. The monoisotopic (exact) mass is 856 g/mol. The van der Waals surface area contributed by atoms with E-state index in [0.717, 1.165) is 28.7 Å². The smallest absolute Gasteiger partial charge is 0.350 e. The molecule has 0 saturated carbocycles. The highest BCUT2D eigenvalue weighted by Crippen LogP contribution is 2.69. The van der Waals surface area contributed by atoms with Gasteiger partial charge < -0.3 is 4.74 Å². The molecular weight excluding hydrogens is 823 g/mol. The average molecular weight is 857 g/mol. The van der Waals surface area contributed by atoms with Crippen LogP contribution in [0.4, 0.5) is 28.6 Å². The van der Waals surface area contributed by atoms with Crippen LogP contribution in [0.1, 0.15) is 22.3 Å². The molecule has 7 heteroatoms. The van der Waals surface area contributed by atoms with Crippen LogP contribution in [0.25, 0.3) is 49.9 Å². The van der Waals surface area contributed by atoms with E-state index in [0.29, 0.717) is 0 Å². The normalized spacial score (nSPS) is 18.1.